The fraction of sp³-hybridized carbons (Fsp3) is 0.273. The van der Waals surface area contributed by atoms with Crippen LogP contribution in [0, 0.1) is 0 Å². The van der Waals surface area contributed by atoms with E-state index < -0.39 is 0 Å². The average Bonchev–Trinajstić information content (AvgIpc) is 2.28. The summed E-state index contributed by atoms with van der Waals surface area (Å²) in [6.45, 7) is 1.74. The molecule has 1 aromatic rings. The molecule has 0 aromatic heterocycles. The van der Waals surface area contributed by atoms with Crippen LogP contribution in [0.1, 0.15) is 5.56 Å². The van der Waals surface area contributed by atoms with E-state index in [0.29, 0.717) is 18.1 Å². The maximum absolute atomic E-state index is 11.4. The molecule has 1 saturated heterocycles. The summed E-state index contributed by atoms with van der Waals surface area (Å²) in [4.78, 5) is 13.7. The van der Waals surface area contributed by atoms with Crippen molar-refractivity contribution in [1.29, 1.82) is 0 Å². The van der Waals surface area contributed by atoms with Crippen LogP contribution in [0.3, 0.4) is 0 Å². The van der Waals surface area contributed by atoms with Crippen molar-refractivity contribution in [3.05, 3.63) is 28.2 Å². The number of anilines is 1. The van der Waals surface area contributed by atoms with Crippen LogP contribution >= 0.6 is 28.1 Å². The molecule has 1 aromatic carbocycles. The summed E-state index contributed by atoms with van der Waals surface area (Å²) in [7, 11) is 0. The van der Waals surface area contributed by atoms with E-state index >= 15 is 0 Å². The molecule has 0 radical (unpaired) electrons. The molecule has 1 amide bonds. The SMILES string of the molecule is NC(=S)c1ccc(Br)cc1N1CCNC(=O)C1. The first-order valence-electron chi connectivity index (χ1n) is 5.19. The number of thiocarbonyl (C=S) groups is 1. The lowest BCUT2D eigenvalue weighted by Gasteiger charge is -2.30. The molecule has 1 aliphatic heterocycles. The van der Waals surface area contributed by atoms with Crippen LogP contribution in [0.2, 0.25) is 0 Å². The van der Waals surface area contributed by atoms with Gasteiger partial charge < -0.3 is 16.0 Å². The van der Waals surface area contributed by atoms with E-state index in [2.05, 4.69) is 21.2 Å². The molecular weight excluding hydrogens is 302 g/mol. The van der Waals surface area contributed by atoms with E-state index in [4.69, 9.17) is 18.0 Å². The fourth-order valence-electron chi connectivity index (χ4n) is 1.82. The number of nitrogens with two attached hydrogens (primary N) is 1. The first-order valence-corrected chi connectivity index (χ1v) is 6.39. The molecule has 6 heteroatoms. The van der Waals surface area contributed by atoms with Gasteiger partial charge in [-0.05, 0) is 18.2 Å². The monoisotopic (exact) mass is 313 g/mol. The van der Waals surface area contributed by atoms with Crippen molar-refractivity contribution in [3.63, 3.8) is 0 Å². The molecule has 1 fully saturated rings. The number of nitrogens with zero attached hydrogens (tertiary/aromatic N) is 1. The number of amides is 1. The summed E-state index contributed by atoms with van der Waals surface area (Å²) in [6.07, 6.45) is 0. The second kappa shape index (κ2) is 5.01. The Morgan fingerprint density at radius 3 is 2.94 bits per heavy atom. The number of nitrogens with one attached hydrogen (secondary N) is 1. The zero-order valence-corrected chi connectivity index (χ0v) is 11.5. The van der Waals surface area contributed by atoms with Crippen LogP contribution in [0.4, 0.5) is 5.69 Å². The standard InChI is InChI=1S/C11H12BrN3OS/c12-7-1-2-8(11(13)17)9(5-7)15-4-3-14-10(16)6-15/h1-2,5H,3-4,6H2,(H2,13,17)(H,14,16). The number of hydrogen-bond acceptors (Lipinski definition) is 3. The van der Waals surface area contributed by atoms with Crippen LogP contribution in [0.5, 0.6) is 0 Å². The van der Waals surface area contributed by atoms with E-state index in [9.17, 15) is 4.79 Å². The fourth-order valence-corrected chi connectivity index (χ4v) is 2.34. The third-order valence-corrected chi connectivity index (χ3v) is 3.32. The molecule has 0 spiro atoms. The van der Waals surface area contributed by atoms with Crippen LogP contribution < -0.4 is 16.0 Å². The molecule has 0 aliphatic carbocycles. The number of rotatable bonds is 2. The van der Waals surface area contributed by atoms with Crippen LogP contribution in [-0.2, 0) is 4.79 Å². The molecule has 0 bridgehead atoms. The Kier molecular flexibility index (Phi) is 3.63. The Labute approximate surface area is 113 Å². The maximum atomic E-state index is 11.4. The van der Waals surface area contributed by atoms with Crippen LogP contribution in [0.15, 0.2) is 22.7 Å². The molecule has 2 rings (SSSR count). The Morgan fingerprint density at radius 1 is 1.53 bits per heavy atom. The van der Waals surface area contributed by atoms with Crippen LogP contribution in [-0.4, -0.2) is 30.5 Å². The largest absolute Gasteiger partial charge is 0.389 e. The Hall–Kier alpha value is -1.14. The highest BCUT2D eigenvalue weighted by Crippen LogP contribution is 2.25. The summed E-state index contributed by atoms with van der Waals surface area (Å²) in [5.41, 5.74) is 7.40. The minimum absolute atomic E-state index is 0.0186. The second-order valence-electron chi connectivity index (χ2n) is 3.80. The van der Waals surface area contributed by atoms with Gasteiger partial charge in [0.1, 0.15) is 4.99 Å². The van der Waals surface area contributed by atoms with Crippen molar-refractivity contribution < 1.29 is 4.79 Å². The summed E-state index contributed by atoms with van der Waals surface area (Å²) in [5.74, 6) is 0.0186. The molecule has 17 heavy (non-hydrogen) atoms. The molecule has 3 N–H and O–H groups in total. The van der Waals surface area contributed by atoms with Gasteiger partial charge in [0.15, 0.2) is 0 Å². The zero-order chi connectivity index (χ0) is 12.4. The summed E-state index contributed by atoms with van der Waals surface area (Å²) in [5, 5.41) is 2.79. The van der Waals surface area contributed by atoms with Gasteiger partial charge in [-0.25, -0.2) is 0 Å². The van der Waals surface area contributed by atoms with Gasteiger partial charge >= 0.3 is 0 Å². The third kappa shape index (κ3) is 2.76. The highest BCUT2D eigenvalue weighted by Gasteiger charge is 2.19. The number of carbonyl (C=O) groups excluding carboxylic acids is 1. The van der Waals surface area contributed by atoms with Crippen molar-refractivity contribution in [1.82, 2.24) is 5.32 Å². The highest BCUT2D eigenvalue weighted by molar-refractivity contribution is 9.10. The Bertz CT molecular complexity index is 478. The molecule has 0 saturated carbocycles. The molecule has 4 nitrogen and oxygen atoms in total. The number of halogens is 1. The number of piperazine rings is 1. The van der Waals surface area contributed by atoms with E-state index in [1.165, 1.54) is 0 Å². The summed E-state index contributed by atoms with van der Waals surface area (Å²) < 4.78 is 0.943. The number of hydrogen-bond donors (Lipinski definition) is 2. The number of benzene rings is 1. The summed E-state index contributed by atoms with van der Waals surface area (Å²) in [6, 6.07) is 5.70. The molecular formula is C11H12BrN3OS. The summed E-state index contributed by atoms with van der Waals surface area (Å²) >= 11 is 8.44. The van der Waals surface area contributed by atoms with E-state index in [1.807, 2.05) is 23.1 Å². The van der Waals surface area contributed by atoms with Gasteiger partial charge in [-0.1, -0.05) is 28.1 Å². The minimum Gasteiger partial charge on any atom is -0.389 e. The average molecular weight is 314 g/mol. The highest BCUT2D eigenvalue weighted by atomic mass is 79.9. The first kappa shape index (κ1) is 12.3. The maximum Gasteiger partial charge on any atom is 0.239 e. The quantitative estimate of drug-likeness (QED) is 0.800. The predicted molar refractivity (Wildman–Crippen MR) is 75.3 cm³/mol. The van der Waals surface area contributed by atoms with Gasteiger partial charge in [0, 0.05) is 28.8 Å². The molecule has 1 heterocycles. The molecule has 0 unspecified atom stereocenters. The molecule has 1 aliphatic rings. The van der Waals surface area contributed by atoms with E-state index in [-0.39, 0.29) is 5.91 Å². The van der Waals surface area contributed by atoms with Crippen molar-refractivity contribution in [3.8, 4) is 0 Å². The molecule has 0 atom stereocenters. The van der Waals surface area contributed by atoms with Gasteiger partial charge in [0.25, 0.3) is 0 Å². The van der Waals surface area contributed by atoms with Gasteiger partial charge in [0.05, 0.1) is 6.54 Å². The Morgan fingerprint density at radius 2 is 2.29 bits per heavy atom. The first-order chi connectivity index (χ1) is 8.08. The second-order valence-corrected chi connectivity index (χ2v) is 5.15. The van der Waals surface area contributed by atoms with Gasteiger partial charge in [0.2, 0.25) is 5.91 Å². The topological polar surface area (TPSA) is 58.4 Å². The molecule has 90 valence electrons. The smallest absolute Gasteiger partial charge is 0.239 e. The van der Waals surface area contributed by atoms with Crippen molar-refractivity contribution in [2.75, 3.05) is 24.5 Å². The van der Waals surface area contributed by atoms with Crippen molar-refractivity contribution >= 4 is 44.7 Å². The van der Waals surface area contributed by atoms with E-state index in [1.54, 1.807) is 0 Å². The van der Waals surface area contributed by atoms with E-state index in [0.717, 1.165) is 22.3 Å². The zero-order valence-electron chi connectivity index (χ0n) is 9.07. The van der Waals surface area contributed by atoms with Gasteiger partial charge in [-0.15, -0.1) is 0 Å². The van der Waals surface area contributed by atoms with Crippen LogP contribution in [0.25, 0.3) is 0 Å². The lowest BCUT2D eigenvalue weighted by molar-refractivity contribution is -0.120. The van der Waals surface area contributed by atoms with Crippen molar-refractivity contribution in [2.24, 2.45) is 5.73 Å². The number of carbonyl (C=O) groups is 1. The normalized spacial score (nSPS) is 15.6. The van der Waals surface area contributed by atoms with Crippen molar-refractivity contribution in [2.45, 2.75) is 0 Å². The minimum atomic E-state index is 0.0186. The lowest BCUT2D eigenvalue weighted by Crippen LogP contribution is -2.48. The van der Waals surface area contributed by atoms with Gasteiger partial charge in [-0.2, -0.15) is 0 Å². The Balaban J connectivity index is 2.38. The lowest BCUT2D eigenvalue weighted by atomic mass is 10.1. The third-order valence-electron chi connectivity index (χ3n) is 2.60. The van der Waals surface area contributed by atoms with Gasteiger partial charge in [-0.3, -0.25) is 4.79 Å². The predicted octanol–water partition coefficient (Wildman–Crippen LogP) is 1.02.